The SMILES string of the molecule is CCOC(C)OCC.NCC=O. The average Bonchev–Trinajstić information content (AvgIpc) is 2.06. The fourth-order valence-corrected chi connectivity index (χ4v) is 0.518. The van der Waals surface area contributed by atoms with Crippen LogP contribution in [0.2, 0.25) is 0 Å². The van der Waals surface area contributed by atoms with Gasteiger partial charge in [0.2, 0.25) is 0 Å². The van der Waals surface area contributed by atoms with E-state index in [2.05, 4.69) is 5.73 Å². The molecule has 0 bridgehead atoms. The number of carbonyl (C=O) groups is 1. The number of aldehydes is 1. The van der Waals surface area contributed by atoms with E-state index in [-0.39, 0.29) is 12.8 Å². The summed E-state index contributed by atoms with van der Waals surface area (Å²) in [7, 11) is 0. The lowest BCUT2D eigenvalue weighted by molar-refractivity contribution is -0.123. The Hall–Kier alpha value is -0.450. The maximum absolute atomic E-state index is 9.05. The second-order valence-corrected chi connectivity index (χ2v) is 1.88. The summed E-state index contributed by atoms with van der Waals surface area (Å²) >= 11 is 0. The summed E-state index contributed by atoms with van der Waals surface area (Å²) in [5, 5.41) is 0. The zero-order valence-electron chi connectivity index (χ0n) is 8.08. The fourth-order valence-electron chi connectivity index (χ4n) is 0.518. The van der Waals surface area contributed by atoms with Gasteiger partial charge in [0.1, 0.15) is 6.29 Å². The Balaban J connectivity index is 0. The van der Waals surface area contributed by atoms with E-state index in [1.807, 2.05) is 20.8 Å². The first-order chi connectivity index (χ1) is 5.72. The minimum Gasteiger partial charge on any atom is -0.353 e. The molecule has 0 aliphatic rings. The standard InChI is InChI=1S/C6H14O2.C2H5NO/c1-4-7-6(3)8-5-2;3-1-2-4/h6H,4-5H2,1-3H3;2H,1,3H2. The molecule has 0 spiro atoms. The molecular formula is C8H19NO3. The molecule has 0 fully saturated rings. The van der Waals surface area contributed by atoms with Crippen molar-refractivity contribution >= 4 is 6.29 Å². The summed E-state index contributed by atoms with van der Waals surface area (Å²) in [6, 6.07) is 0. The highest BCUT2D eigenvalue weighted by molar-refractivity contribution is 5.51. The Morgan fingerprint density at radius 1 is 1.33 bits per heavy atom. The van der Waals surface area contributed by atoms with Crippen LogP contribution in [0, 0.1) is 0 Å². The van der Waals surface area contributed by atoms with Crippen molar-refractivity contribution in [2.75, 3.05) is 19.8 Å². The summed E-state index contributed by atoms with van der Waals surface area (Å²) in [6.45, 7) is 7.39. The third kappa shape index (κ3) is 16.3. The molecule has 2 N–H and O–H groups in total. The molecule has 0 aliphatic heterocycles. The maximum Gasteiger partial charge on any atom is 0.154 e. The number of hydrogen-bond acceptors (Lipinski definition) is 4. The van der Waals surface area contributed by atoms with Crippen LogP contribution in [-0.2, 0) is 14.3 Å². The summed E-state index contributed by atoms with van der Waals surface area (Å²) in [5.74, 6) is 0. The number of rotatable bonds is 5. The molecule has 0 aromatic heterocycles. The monoisotopic (exact) mass is 177 g/mol. The summed E-state index contributed by atoms with van der Waals surface area (Å²) in [6.07, 6.45) is 0.616. The van der Waals surface area contributed by atoms with Gasteiger partial charge in [-0.25, -0.2) is 0 Å². The van der Waals surface area contributed by atoms with Crippen LogP contribution in [0.1, 0.15) is 20.8 Å². The van der Waals surface area contributed by atoms with Crippen molar-refractivity contribution in [2.24, 2.45) is 5.73 Å². The van der Waals surface area contributed by atoms with Crippen LogP contribution < -0.4 is 5.73 Å². The molecule has 0 unspecified atom stereocenters. The van der Waals surface area contributed by atoms with Gasteiger partial charge in [0.15, 0.2) is 6.29 Å². The minimum atomic E-state index is -0.0370. The lowest BCUT2D eigenvalue weighted by atomic mass is 10.7. The van der Waals surface area contributed by atoms with Gasteiger partial charge in [0.25, 0.3) is 0 Å². The Labute approximate surface area is 74.0 Å². The molecule has 0 aromatic carbocycles. The molecule has 0 rings (SSSR count). The summed E-state index contributed by atoms with van der Waals surface area (Å²) in [5.41, 5.74) is 4.66. The Kier molecular flexibility index (Phi) is 15.5. The molecule has 74 valence electrons. The Bertz CT molecular complexity index is 82.4. The van der Waals surface area contributed by atoms with Crippen LogP contribution in [0.4, 0.5) is 0 Å². The number of carbonyl (C=O) groups excluding carboxylic acids is 1. The van der Waals surface area contributed by atoms with E-state index in [0.29, 0.717) is 6.29 Å². The molecule has 0 amide bonds. The Morgan fingerprint density at radius 2 is 1.67 bits per heavy atom. The largest absolute Gasteiger partial charge is 0.353 e. The van der Waals surface area contributed by atoms with E-state index < -0.39 is 0 Å². The lowest BCUT2D eigenvalue weighted by Gasteiger charge is -2.09. The fraction of sp³-hybridized carbons (Fsp3) is 0.875. The van der Waals surface area contributed by atoms with Gasteiger partial charge in [-0.1, -0.05) is 0 Å². The van der Waals surface area contributed by atoms with Crippen molar-refractivity contribution in [3.05, 3.63) is 0 Å². The third-order valence-electron chi connectivity index (χ3n) is 0.899. The molecule has 4 heteroatoms. The van der Waals surface area contributed by atoms with Crippen LogP contribution >= 0.6 is 0 Å². The molecule has 0 atom stereocenters. The molecule has 0 heterocycles. The quantitative estimate of drug-likeness (QED) is 0.492. The number of nitrogens with two attached hydrogens (primary N) is 1. The summed E-state index contributed by atoms with van der Waals surface area (Å²) < 4.78 is 10.1. The number of ether oxygens (including phenoxy) is 2. The van der Waals surface area contributed by atoms with Crippen LogP contribution in [0.25, 0.3) is 0 Å². The third-order valence-corrected chi connectivity index (χ3v) is 0.899. The lowest BCUT2D eigenvalue weighted by Crippen LogP contribution is -2.11. The van der Waals surface area contributed by atoms with Crippen LogP contribution in [-0.4, -0.2) is 32.3 Å². The molecule has 0 aliphatic carbocycles. The van der Waals surface area contributed by atoms with E-state index >= 15 is 0 Å². The highest BCUT2D eigenvalue weighted by Crippen LogP contribution is 1.90. The normalized spacial score (nSPS) is 9.08. The van der Waals surface area contributed by atoms with Gasteiger partial charge in [0, 0.05) is 19.8 Å². The first-order valence-electron chi connectivity index (χ1n) is 4.09. The van der Waals surface area contributed by atoms with Crippen LogP contribution in [0.15, 0.2) is 0 Å². The minimum absolute atomic E-state index is 0.0370. The first-order valence-corrected chi connectivity index (χ1v) is 4.09. The van der Waals surface area contributed by atoms with Crippen LogP contribution in [0.3, 0.4) is 0 Å². The predicted octanol–water partition coefficient (Wildman–Crippen LogP) is 0.549. The molecule has 0 saturated carbocycles. The van der Waals surface area contributed by atoms with Crippen molar-refractivity contribution in [1.29, 1.82) is 0 Å². The molecule has 0 radical (unpaired) electrons. The highest BCUT2D eigenvalue weighted by Gasteiger charge is 1.94. The van der Waals surface area contributed by atoms with Gasteiger partial charge in [-0.05, 0) is 20.8 Å². The van der Waals surface area contributed by atoms with E-state index in [1.54, 1.807) is 0 Å². The molecule has 0 saturated heterocycles. The molecule has 12 heavy (non-hydrogen) atoms. The zero-order valence-corrected chi connectivity index (χ0v) is 8.08. The first kappa shape index (κ1) is 14.1. The van der Waals surface area contributed by atoms with Crippen molar-refractivity contribution in [1.82, 2.24) is 0 Å². The summed E-state index contributed by atoms with van der Waals surface area (Å²) in [4.78, 5) is 9.05. The van der Waals surface area contributed by atoms with Gasteiger partial charge in [0.05, 0.1) is 0 Å². The van der Waals surface area contributed by atoms with Crippen molar-refractivity contribution in [3.63, 3.8) is 0 Å². The zero-order chi connectivity index (χ0) is 9.82. The van der Waals surface area contributed by atoms with E-state index in [4.69, 9.17) is 14.3 Å². The van der Waals surface area contributed by atoms with Crippen molar-refractivity contribution in [3.8, 4) is 0 Å². The van der Waals surface area contributed by atoms with Gasteiger partial charge in [-0.3, -0.25) is 0 Å². The van der Waals surface area contributed by atoms with Gasteiger partial charge >= 0.3 is 0 Å². The van der Waals surface area contributed by atoms with Crippen LogP contribution in [0.5, 0.6) is 0 Å². The predicted molar refractivity (Wildman–Crippen MR) is 47.8 cm³/mol. The second-order valence-electron chi connectivity index (χ2n) is 1.88. The van der Waals surface area contributed by atoms with Gasteiger partial charge in [-0.2, -0.15) is 0 Å². The topological polar surface area (TPSA) is 61.6 Å². The maximum atomic E-state index is 9.05. The van der Waals surface area contributed by atoms with Crippen molar-refractivity contribution < 1.29 is 14.3 Å². The average molecular weight is 177 g/mol. The molecule has 4 nitrogen and oxygen atoms in total. The van der Waals surface area contributed by atoms with E-state index in [1.165, 1.54) is 0 Å². The number of hydrogen-bond donors (Lipinski definition) is 1. The Morgan fingerprint density at radius 3 is 1.83 bits per heavy atom. The molecular weight excluding hydrogens is 158 g/mol. The van der Waals surface area contributed by atoms with Gasteiger partial charge < -0.3 is 20.0 Å². The van der Waals surface area contributed by atoms with E-state index in [9.17, 15) is 0 Å². The highest BCUT2D eigenvalue weighted by atomic mass is 16.7. The van der Waals surface area contributed by atoms with Gasteiger partial charge in [-0.15, -0.1) is 0 Å². The van der Waals surface area contributed by atoms with E-state index in [0.717, 1.165) is 13.2 Å². The smallest absolute Gasteiger partial charge is 0.154 e. The molecule has 0 aromatic rings. The second kappa shape index (κ2) is 13.2. The van der Waals surface area contributed by atoms with Crippen molar-refractivity contribution in [2.45, 2.75) is 27.1 Å².